The molecular formula is C26H26N4O6. The molecule has 0 saturated carbocycles. The van der Waals surface area contributed by atoms with Gasteiger partial charge >= 0.3 is 11.9 Å². The maximum Gasteiger partial charge on any atom is 0.326 e. The second kappa shape index (κ2) is 11.2. The van der Waals surface area contributed by atoms with Crippen molar-refractivity contribution < 1.29 is 24.6 Å². The molecule has 0 fully saturated rings. The number of terminal acetylenes is 1. The van der Waals surface area contributed by atoms with E-state index in [0.29, 0.717) is 23.3 Å². The van der Waals surface area contributed by atoms with E-state index < -0.39 is 23.9 Å². The average molecular weight is 491 g/mol. The minimum Gasteiger partial charge on any atom is -0.481 e. The van der Waals surface area contributed by atoms with Gasteiger partial charge in [-0.15, -0.1) is 6.42 Å². The molecule has 0 aliphatic rings. The Balaban J connectivity index is 1.80. The number of amides is 1. The van der Waals surface area contributed by atoms with Crippen LogP contribution in [0.2, 0.25) is 0 Å². The van der Waals surface area contributed by atoms with Crippen LogP contribution in [0.1, 0.15) is 40.2 Å². The van der Waals surface area contributed by atoms with E-state index >= 15 is 0 Å². The standard InChI is InChI=1S/C26H26N4O6/c1-4-11-30(14-17-12-15(2)23-20(13-17)25(34)28-16(3)27-23)19-7-5-18(6-8-19)24(33)29-21(26(35)36)9-10-22(31)32/h1,5-8,12-13,21H,9-11,14H2,2-3H3,(H,29,33)(H,31,32)(H,35,36)(H,27,28,34)/t21-/m0/s1. The molecule has 36 heavy (non-hydrogen) atoms. The number of anilines is 1. The molecule has 0 aliphatic heterocycles. The molecule has 186 valence electrons. The quantitative estimate of drug-likeness (QED) is 0.316. The SMILES string of the molecule is C#CCN(Cc1cc(C)c2nc(C)[nH]c(=O)c2c1)c1ccc(C(=O)N[C@@H](CCC(=O)O)C(=O)O)cc1. The maximum absolute atomic E-state index is 12.5. The van der Waals surface area contributed by atoms with Crippen LogP contribution in [0.3, 0.4) is 0 Å². The van der Waals surface area contributed by atoms with Crippen LogP contribution in [0.5, 0.6) is 0 Å². The Labute approximate surface area is 207 Å². The molecule has 0 bridgehead atoms. The molecule has 0 unspecified atom stereocenters. The highest BCUT2D eigenvalue weighted by atomic mass is 16.4. The topological polar surface area (TPSA) is 153 Å². The maximum atomic E-state index is 12.5. The molecule has 3 aromatic rings. The summed E-state index contributed by atoms with van der Waals surface area (Å²) in [5, 5.41) is 20.9. The summed E-state index contributed by atoms with van der Waals surface area (Å²) in [6.45, 7) is 4.28. The molecule has 1 atom stereocenters. The summed E-state index contributed by atoms with van der Waals surface area (Å²) in [4.78, 5) is 56.1. The van der Waals surface area contributed by atoms with E-state index in [2.05, 4.69) is 21.2 Å². The predicted octanol–water partition coefficient (Wildman–Crippen LogP) is 2.23. The van der Waals surface area contributed by atoms with Crippen LogP contribution in [0.4, 0.5) is 5.69 Å². The van der Waals surface area contributed by atoms with Gasteiger partial charge in [0.25, 0.3) is 11.5 Å². The summed E-state index contributed by atoms with van der Waals surface area (Å²) in [6, 6.07) is 8.85. The van der Waals surface area contributed by atoms with Crippen molar-refractivity contribution in [3.8, 4) is 12.3 Å². The van der Waals surface area contributed by atoms with Crippen molar-refractivity contribution in [2.24, 2.45) is 0 Å². The summed E-state index contributed by atoms with van der Waals surface area (Å²) >= 11 is 0. The number of hydrogen-bond donors (Lipinski definition) is 4. The van der Waals surface area contributed by atoms with Crippen molar-refractivity contribution in [1.29, 1.82) is 0 Å². The molecule has 2 aromatic carbocycles. The largest absolute Gasteiger partial charge is 0.481 e. The predicted molar refractivity (Wildman–Crippen MR) is 134 cm³/mol. The van der Waals surface area contributed by atoms with E-state index in [4.69, 9.17) is 11.5 Å². The number of aliphatic carboxylic acids is 2. The van der Waals surface area contributed by atoms with Crippen molar-refractivity contribution in [1.82, 2.24) is 15.3 Å². The zero-order chi connectivity index (χ0) is 26.4. The molecule has 10 heteroatoms. The van der Waals surface area contributed by atoms with Crippen LogP contribution in [-0.2, 0) is 16.1 Å². The van der Waals surface area contributed by atoms with Gasteiger partial charge in [-0.3, -0.25) is 14.4 Å². The number of nitrogens with one attached hydrogen (secondary N) is 2. The molecule has 0 spiro atoms. The van der Waals surface area contributed by atoms with Gasteiger partial charge in [0.2, 0.25) is 0 Å². The van der Waals surface area contributed by atoms with Crippen LogP contribution in [0.25, 0.3) is 10.9 Å². The Hall–Kier alpha value is -4.65. The molecule has 1 amide bonds. The Kier molecular flexibility index (Phi) is 8.07. The number of hydrogen-bond acceptors (Lipinski definition) is 6. The third-order valence-corrected chi connectivity index (χ3v) is 5.58. The number of fused-ring (bicyclic) bond motifs is 1. The fraction of sp³-hybridized carbons (Fsp3) is 0.269. The van der Waals surface area contributed by atoms with Gasteiger partial charge < -0.3 is 25.4 Å². The number of aromatic amines is 1. The first-order chi connectivity index (χ1) is 17.1. The van der Waals surface area contributed by atoms with E-state index in [1.54, 1.807) is 25.1 Å². The van der Waals surface area contributed by atoms with E-state index in [0.717, 1.165) is 16.8 Å². The van der Waals surface area contributed by atoms with E-state index in [1.165, 1.54) is 12.1 Å². The number of aromatic nitrogens is 2. The zero-order valence-electron chi connectivity index (χ0n) is 19.9. The molecule has 10 nitrogen and oxygen atoms in total. The first kappa shape index (κ1) is 26.0. The summed E-state index contributed by atoms with van der Waals surface area (Å²) in [5.41, 5.74) is 3.08. The lowest BCUT2D eigenvalue weighted by Gasteiger charge is -2.23. The lowest BCUT2D eigenvalue weighted by molar-refractivity contribution is -0.140. The van der Waals surface area contributed by atoms with Crippen molar-refractivity contribution in [2.75, 3.05) is 11.4 Å². The molecular weight excluding hydrogens is 464 g/mol. The van der Waals surface area contributed by atoms with Crippen LogP contribution in [0.15, 0.2) is 41.2 Å². The summed E-state index contributed by atoms with van der Waals surface area (Å²) in [7, 11) is 0. The number of benzene rings is 2. The highest BCUT2D eigenvalue weighted by molar-refractivity contribution is 5.97. The highest BCUT2D eigenvalue weighted by Gasteiger charge is 2.22. The third-order valence-electron chi connectivity index (χ3n) is 5.58. The van der Waals surface area contributed by atoms with E-state index in [9.17, 15) is 24.3 Å². The fourth-order valence-corrected chi connectivity index (χ4v) is 3.85. The lowest BCUT2D eigenvalue weighted by Crippen LogP contribution is -2.41. The number of carboxylic acid groups (broad SMARTS) is 2. The van der Waals surface area contributed by atoms with Crippen molar-refractivity contribution in [3.05, 3.63) is 69.3 Å². The number of carbonyl (C=O) groups excluding carboxylic acids is 1. The third kappa shape index (κ3) is 6.27. The second-order valence-corrected chi connectivity index (χ2v) is 8.36. The minimum absolute atomic E-state index is 0.218. The monoisotopic (exact) mass is 490 g/mol. The Morgan fingerprint density at radius 1 is 1.17 bits per heavy atom. The Bertz CT molecular complexity index is 1400. The van der Waals surface area contributed by atoms with Crippen LogP contribution < -0.4 is 15.8 Å². The number of rotatable bonds is 10. The van der Waals surface area contributed by atoms with Gasteiger partial charge in [0.1, 0.15) is 11.9 Å². The Morgan fingerprint density at radius 3 is 2.47 bits per heavy atom. The smallest absolute Gasteiger partial charge is 0.326 e. The van der Waals surface area contributed by atoms with Gasteiger partial charge in [0.05, 0.1) is 17.4 Å². The van der Waals surface area contributed by atoms with E-state index in [-0.39, 0.29) is 30.5 Å². The summed E-state index contributed by atoms with van der Waals surface area (Å²) in [6.07, 6.45) is 4.96. The van der Waals surface area contributed by atoms with Crippen LogP contribution in [0, 0.1) is 26.2 Å². The first-order valence-corrected chi connectivity index (χ1v) is 11.1. The minimum atomic E-state index is -1.32. The van der Waals surface area contributed by atoms with Gasteiger partial charge in [-0.2, -0.15) is 0 Å². The zero-order valence-corrected chi connectivity index (χ0v) is 19.9. The van der Waals surface area contributed by atoms with Gasteiger partial charge in [-0.25, -0.2) is 9.78 Å². The number of nitrogens with zero attached hydrogens (tertiary/aromatic N) is 2. The van der Waals surface area contributed by atoms with Gasteiger partial charge in [0, 0.05) is 24.2 Å². The molecule has 0 saturated heterocycles. The molecule has 0 aliphatic carbocycles. The first-order valence-electron chi connectivity index (χ1n) is 11.1. The van der Waals surface area contributed by atoms with Crippen LogP contribution >= 0.6 is 0 Å². The van der Waals surface area contributed by atoms with Gasteiger partial charge in [-0.05, 0) is 61.7 Å². The number of H-pyrrole nitrogens is 1. The van der Waals surface area contributed by atoms with Gasteiger partial charge in [0.15, 0.2) is 0 Å². The molecule has 3 rings (SSSR count). The number of aryl methyl sites for hydroxylation is 2. The van der Waals surface area contributed by atoms with Crippen molar-refractivity contribution in [2.45, 2.75) is 39.3 Å². The normalized spacial score (nSPS) is 11.5. The average Bonchev–Trinajstić information content (AvgIpc) is 2.82. The second-order valence-electron chi connectivity index (χ2n) is 8.36. The molecule has 0 radical (unpaired) electrons. The van der Waals surface area contributed by atoms with Crippen molar-refractivity contribution in [3.63, 3.8) is 0 Å². The molecule has 1 heterocycles. The number of carbonyl (C=O) groups is 3. The fourth-order valence-electron chi connectivity index (χ4n) is 3.85. The van der Waals surface area contributed by atoms with Gasteiger partial charge in [-0.1, -0.05) is 12.0 Å². The molecule has 4 N–H and O–H groups in total. The Morgan fingerprint density at radius 2 is 1.86 bits per heavy atom. The molecule has 1 aromatic heterocycles. The number of carboxylic acids is 2. The van der Waals surface area contributed by atoms with Crippen LogP contribution in [-0.4, -0.2) is 50.6 Å². The van der Waals surface area contributed by atoms with E-state index in [1.807, 2.05) is 17.9 Å². The van der Waals surface area contributed by atoms with Crippen molar-refractivity contribution >= 4 is 34.4 Å². The summed E-state index contributed by atoms with van der Waals surface area (Å²) in [5.74, 6) is 0.0635. The highest BCUT2D eigenvalue weighted by Crippen LogP contribution is 2.22. The summed E-state index contributed by atoms with van der Waals surface area (Å²) < 4.78 is 0. The lowest BCUT2D eigenvalue weighted by atomic mass is 10.1.